The van der Waals surface area contributed by atoms with Crippen LogP contribution >= 0.6 is 50.7 Å². The van der Waals surface area contributed by atoms with Gasteiger partial charge in [-0.25, -0.2) is 0 Å². The Morgan fingerprint density at radius 3 is 2.32 bits per heavy atom. The molecule has 0 radical (unpaired) electrons. The van der Waals surface area contributed by atoms with E-state index in [1.807, 2.05) is 0 Å². The van der Waals surface area contributed by atoms with Crippen molar-refractivity contribution in [3.8, 4) is 0 Å². The number of carbonyl (C=O) groups excluding carboxylic acids is 2. The Morgan fingerprint density at radius 1 is 1.12 bits per heavy atom. The van der Waals surface area contributed by atoms with E-state index in [2.05, 4.69) is 26.3 Å². The maximum Gasteiger partial charge on any atom is 0.269 e. The highest BCUT2D eigenvalue weighted by Gasteiger charge is 2.37. The highest BCUT2D eigenvalue weighted by atomic mass is 79.9. The topological polar surface area (TPSA) is 61.8 Å². The minimum absolute atomic E-state index is 0.140. The maximum atomic E-state index is 12.5. The van der Waals surface area contributed by atoms with Gasteiger partial charge in [-0.05, 0) is 24.3 Å². The second-order valence-electron chi connectivity index (χ2n) is 5.04. The summed E-state index contributed by atoms with van der Waals surface area (Å²) in [5.74, 6) is -0.679. The molecule has 2 amide bonds. The summed E-state index contributed by atoms with van der Waals surface area (Å²) in [6.07, 6.45) is 0. The molecule has 5 nitrogen and oxygen atoms in total. The Balaban J connectivity index is 1.91. The zero-order chi connectivity index (χ0) is 18.1. The second-order valence-corrected chi connectivity index (χ2v) is 7.20. The van der Waals surface area contributed by atoms with Gasteiger partial charge in [0.1, 0.15) is 5.69 Å². The van der Waals surface area contributed by atoms with Crippen molar-refractivity contribution in [1.82, 2.24) is 5.32 Å². The van der Waals surface area contributed by atoms with Crippen LogP contribution in [0, 0.1) is 0 Å². The number of alkyl halides is 1. The van der Waals surface area contributed by atoms with Gasteiger partial charge in [0.25, 0.3) is 11.8 Å². The van der Waals surface area contributed by atoms with Crippen molar-refractivity contribution >= 4 is 74.1 Å². The Morgan fingerprint density at radius 2 is 1.72 bits per heavy atom. The first-order valence-electron chi connectivity index (χ1n) is 6.96. The summed E-state index contributed by atoms with van der Waals surface area (Å²) < 4.78 is 0. The summed E-state index contributed by atoms with van der Waals surface area (Å²) in [4.78, 5) is 23.9. The van der Waals surface area contributed by atoms with Crippen molar-refractivity contribution in [3.05, 3.63) is 63.1 Å². The summed E-state index contributed by atoms with van der Waals surface area (Å²) in [5.41, 5.74) is 0.643. The van der Waals surface area contributed by atoms with E-state index < -0.39 is 10.7 Å². The normalized spacial score (nSPS) is 16.8. The Labute approximate surface area is 166 Å². The highest BCUT2D eigenvalue weighted by molar-refractivity contribution is 9.10. The van der Waals surface area contributed by atoms with Gasteiger partial charge >= 0.3 is 0 Å². The molecule has 1 aliphatic heterocycles. The molecule has 1 atom stereocenters. The van der Waals surface area contributed by atoms with Crippen LogP contribution in [0.2, 0.25) is 15.1 Å². The molecule has 2 aromatic rings. The molecule has 3 rings (SSSR count). The van der Waals surface area contributed by atoms with Gasteiger partial charge in [-0.2, -0.15) is 5.01 Å². The minimum atomic E-state index is -0.831. The molecule has 0 fully saturated rings. The van der Waals surface area contributed by atoms with Crippen molar-refractivity contribution in [1.29, 1.82) is 0 Å². The molecule has 1 N–H and O–H groups in total. The number of benzene rings is 2. The fourth-order valence-electron chi connectivity index (χ4n) is 2.20. The number of hydrazone groups is 1. The van der Waals surface area contributed by atoms with E-state index in [0.717, 1.165) is 5.01 Å². The number of halogens is 4. The molecule has 9 heteroatoms. The molecule has 0 aliphatic carbocycles. The third kappa shape index (κ3) is 3.67. The lowest BCUT2D eigenvalue weighted by atomic mass is 10.2. The smallest absolute Gasteiger partial charge is 0.269 e. The number of nitrogens with zero attached hydrogens (tertiary/aromatic N) is 2. The molecule has 1 heterocycles. The number of amidine groups is 1. The average molecular weight is 462 g/mol. The van der Waals surface area contributed by atoms with E-state index >= 15 is 0 Å². The predicted molar refractivity (Wildman–Crippen MR) is 103 cm³/mol. The number of rotatable bonds is 2. The van der Waals surface area contributed by atoms with Crippen LogP contribution in [0.5, 0.6) is 0 Å². The second kappa shape index (κ2) is 7.33. The van der Waals surface area contributed by atoms with Crippen LogP contribution in [-0.2, 0) is 4.79 Å². The monoisotopic (exact) mass is 459 g/mol. The number of hydrogen-bond acceptors (Lipinski definition) is 3. The van der Waals surface area contributed by atoms with Crippen LogP contribution in [0.15, 0.2) is 47.6 Å². The van der Waals surface area contributed by atoms with Gasteiger partial charge in [-0.1, -0.05) is 68.9 Å². The van der Waals surface area contributed by atoms with E-state index in [1.54, 1.807) is 30.3 Å². The quantitative estimate of drug-likeness (QED) is 0.670. The van der Waals surface area contributed by atoms with Gasteiger partial charge in [0.05, 0.1) is 10.0 Å². The van der Waals surface area contributed by atoms with E-state index in [1.165, 1.54) is 12.1 Å². The van der Waals surface area contributed by atoms with Crippen molar-refractivity contribution in [2.24, 2.45) is 5.10 Å². The summed E-state index contributed by atoms with van der Waals surface area (Å²) in [6, 6.07) is 11.5. The molecule has 1 aliphatic rings. The largest absolute Gasteiger partial charge is 0.307 e. The molecule has 0 saturated carbocycles. The summed E-state index contributed by atoms with van der Waals surface area (Å²) >= 11 is 21.4. The third-order valence-electron chi connectivity index (χ3n) is 3.34. The minimum Gasteiger partial charge on any atom is -0.307 e. The van der Waals surface area contributed by atoms with Gasteiger partial charge in [-0.3, -0.25) is 9.59 Å². The molecule has 1 unspecified atom stereocenters. The molecule has 0 aromatic heterocycles. The number of anilines is 1. The third-order valence-corrected chi connectivity index (χ3v) is 4.96. The van der Waals surface area contributed by atoms with E-state index in [-0.39, 0.29) is 27.5 Å². The predicted octanol–water partition coefficient (Wildman–Crippen LogP) is 4.50. The van der Waals surface area contributed by atoms with E-state index in [0.29, 0.717) is 10.6 Å². The molecule has 128 valence electrons. The first-order valence-corrected chi connectivity index (χ1v) is 9.01. The van der Waals surface area contributed by atoms with Crippen LogP contribution in [0.25, 0.3) is 0 Å². The van der Waals surface area contributed by atoms with Crippen molar-refractivity contribution in [2.45, 2.75) is 4.83 Å². The van der Waals surface area contributed by atoms with E-state index in [9.17, 15) is 9.59 Å². The number of hydrogen-bond donors (Lipinski definition) is 1. The van der Waals surface area contributed by atoms with Gasteiger partial charge in [0.15, 0.2) is 10.7 Å². The zero-order valence-corrected chi connectivity index (χ0v) is 16.2. The molecule has 0 spiro atoms. The molecule has 2 aromatic carbocycles. The van der Waals surface area contributed by atoms with Gasteiger partial charge in [-0.15, -0.1) is 5.10 Å². The number of amides is 2. The maximum absolute atomic E-state index is 12.5. The Hall–Kier alpha value is -1.60. The van der Waals surface area contributed by atoms with Crippen LogP contribution in [0.1, 0.15) is 10.4 Å². The fraction of sp³-hybridized carbons (Fsp3) is 0.0625. The van der Waals surface area contributed by atoms with Crippen molar-refractivity contribution in [3.63, 3.8) is 0 Å². The summed E-state index contributed by atoms with van der Waals surface area (Å²) in [5, 5.41) is 8.48. The van der Waals surface area contributed by atoms with Crippen molar-refractivity contribution < 1.29 is 9.59 Å². The molecule has 0 bridgehead atoms. The standard InChI is InChI=1S/C16H9BrCl3N3O2/c17-12-14(21-15(24)8-4-2-1-3-5-8)22-23(16(12)25)13-10(19)6-9(18)7-11(13)20/h1-7,12H,(H,21,22,24). The first-order chi connectivity index (χ1) is 11.9. The number of nitrogens with one attached hydrogen (secondary N) is 1. The first kappa shape index (κ1) is 18.2. The molecular weight excluding hydrogens is 452 g/mol. The molecule has 25 heavy (non-hydrogen) atoms. The van der Waals surface area contributed by atoms with E-state index in [4.69, 9.17) is 34.8 Å². The lowest BCUT2D eigenvalue weighted by Crippen LogP contribution is -2.37. The Kier molecular flexibility index (Phi) is 5.34. The van der Waals surface area contributed by atoms with Crippen LogP contribution in [0.4, 0.5) is 5.69 Å². The number of carbonyl (C=O) groups is 2. The average Bonchev–Trinajstić information content (AvgIpc) is 2.83. The van der Waals surface area contributed by atoms with Crippen LogP contribution in [0.3, 0.4) is 0 Å². The lowest BCUT2D eigenvalue weighted by Gasteiger charge is -2.15. The summed E-state index contributed by atoms with van der Waals surface area (Å²) in [6.45, 7) is 0. The van der Waals surface area contributed by atoms with Gasteiger partial charge in [0.2, 0.25) is 0 Å². The van der Waals surface area contributed by atoms with Crippen LogP contribution in [-0.4, -0.2) is 22.5 Å². The molecular formula is C16H9BrCl3N3O2. The van der Waals surface area contributed by atoms with Gasteiger partial charge < -0.3 is 5.32 Å². The van der Waals surface area contributed by atoms with Crippen LogP contribution < -0.4 is 10.3 Å². The summed E-state index contributed by atoms with van der Waals surface area (Å²) in [7, 11) is 0. The molecule has 0 saturated heterocycles. The highest BCUT2D eigenvalue weighted by Crippen LogP contribution is 2.38. The lowest BCUT2D eigenvalue weighted by molar-refractivity contribution is -0.116. The fourth-order valence-corrected chi connectivity index (χ4v) is 3.57. The zero-order valence-electron chi connectivity index (χ0n) is 12.3. The van der Waals surface area contributed by atoms with Gasteiger partial charge in [0, 0.05) is 10.6 Å². The SMILES string of the molecule is O=C(NC1=NN(c2c(Cl)cc(Cl)cc2Cl)C(=O)C1Br)c1ccccc1. The Bertz CT molecular complexity index is 866. The van der Waals surface area contributed by atoms with Crippen molar-refractivity contribution in [2.75, 3.05) is 5.01 Å².